The van der Waals surface area contributed by atoms with Gasteiger partial charge in [0.25, 0.3) is 0 Å². The molecule has 4 heterocycles. The van der Waals surface area contributed by atoms with Crippen LogP contribution < -0.4 is 14.9 Å². The SMILES string of the molecule is CS(=O)(=O)Nc1ccc(N2C(=S)NC(c3ccccn3)C2c2cccn2Cc2ccco2)cc1. The van der Waals surface area contributed by atoms with Gasteiger partial charge >= 0.3 is 0 Å². The van der Waals surface area contributed by atoms with Crippen molar-refractivity contribution in [3.63, 3.8) is 0 Å². The van der Waals surface area contributed by atoms with Crippen molar-refractivity contribution < 1.29 is 12.8 Å². The zero-order valence-electron chi connectivity index (χ0n) is 18.3. The van der Waals surface area contributed by atoms with Crippen molar-refractivity contribution in [1.82, 2.24) is 14.9 Å². The molecule has 10 heteroatoms. The standard InChI is InChI=1S/C24H23N5O3S2/c1-34(30,31)27-17-9-11-18(12-10-17)29-23(22(26-24(29)33)20-7-2-3-13-25-20)21-8-4-14-28(21)16-19-6-5-15-32-19/h2-15,22-23,27H,16H2,1H3,(H,26,33). The number of pyridine rings is 1. The summed E-state index contributed by atoms with van der Waals surface area (Å²) in [4.78, 5) is 6.64. The van der Waals surface area contributed by atoms with Gasteiger partial charge in [0, 0.05) is 29.5 Å². The second kappa shape index (κ2) is 8.96. The van der Waals surface area contributed by atoms with Crippen LogP contribution in [0.4, 0.5) is 11.4 Å². The lowest BCUT2D eigenvalue weighted by Gasteiger charge is -2.29. The first-order valence-electron chi connectivity index (χ1n) is 10.6. The molecular formula is C24H23N5O3S2. The van der Waals surface area contributed by atoms with E-state index in [1.54, 1.807) is 24.6 Å². The summed E-state index contributed by atoms with van der Waals surface area (Å²) in [6, 6.07) is 20.5. The Kier molecular flexibility index (Phi) is 5.84. The number of nitrogens with zero attached hydrogens (tertiary/aromatic N) is 3. The molecule has 0 aliphatic carbocycles. The zero-order valence-corrected chi connectivity index (χ0v) is 20.0. The Morgan fingerprint density at radius 3 is 2.59 bits per heavy atom. The van der Waals surface area contributed by atoms with Gasteiger partial charge in [-0.05, 0) is 72.9 Å². The number of thiocarbonyl (C=S) groups is 1. The van der Waals surface area contributed by atoms with Crippen molar-refractivity contribution in [3.05, 3.63) is 103 Å². The third-order valence-electron chi connectivity index (χ3n) is 5.62. The Morgan fingerprint density at radius 1 is 1.09 bits per heavy atom. The van der Waals surface area contributed by atoms with Crippen LogP contribution in [-0.4, -0.2) is 29.3 Å². The quantitative estimate of drug-likeness (QED) is 0.375. The first-order valence-corrected chi connectivity index (χ1v) is 12.9. The molecule has 34 heavy (non-hydrogen) atoms. The van der Waals surface area contributed by atoms with Crippen molar-refractivity contribution in [2.24, 2.45) is 0 Å². The molecule has 8 nitrogen and oxygen atoms in total. The molecule has 2 N–H and O–H groups in total. The summed E-state index contributed by atoms with van der Waals surface area (Å²) in [5.41, 5.74) is 3.24. The molecule has 0 bridgehead atoms. The van der Waals surface area contributed by atoms with Crippen molar-refractivity contribution >= 4 is 38.7 Å². The summed E-state index contributed by atoms with van der Waals surface area (Å²) in [6.07, 6.45) is 6.58. The maximum absolute atomic E-state index is 11.6. The monoisotopic (exact) mass is 493 g/mol. The third-order valence-corrected chi connectivity index (χ3v) is 6.54. The van der Waals surface area contributed by atoms with Gasteiger partial charge in [-0.2, -0.15) is 0 Å². The Labute approximate surface area is 203 Å². The summed E-state index contributed by atoms with van der Waals surface area (Å²) in [5, 5.41) is 4.01. The van der Waals surface area contributed by atoms with Crippen LogP contribution >= 0.6 is 12.2 Å². The van der Waals surface area contributed by atoms with Gasteiger partial charge < -0.3 is 19.2 Å². The highest BCUT2D eigenvalue weighted by Crippen LogP contribution is 2.42. The number of anilines is 2. The van der Waals surface area contributed by atoms with E-state index < -0.39 is 10.0 Å². The molecule has 2 atom stereocenters. The minimum atomic E-state index is -3.36. The number of furan rings is 1. The molecule has 174 valence electrons. The molecule has 1 aliphatic heterocycles. The lowest BCUT2D eigenvalue weighted by Crippen LogP contribution is -2.30. The molecule has 1 fully saturated rings. The summed E-state index contributed by atoms with van der Waals surface area (Å²) >= 11 is 5.78. The fraction of sp³-hybridized carbons (Fsp3) is 0.167. The number of rotatable bonds is 7. The third kappa shape index (κ3) is 4.55. The summed E-state index contributed by atoms with van der Waals surface area (Å²) < 4.78 is 33.4. The predicted octanol–water partition coefficient (Wildman–Crippen LogP) is 4.07. The lowest BCUT2D eigenvalue weighted by molar-refractivity contribution is 0.475. The van der Waals surface area contributed by atoms with Gasteiger partial charge in [0.05, 0.1) is 30.8 Å². The van der Waals surface area contributed by atoms with E-state index in [-0.39, 0.29) is 12.1 Å². The fourth-order valence-electron chi connectivity index (χ4n) is 4.25. The molecule has 0 spiro atoms. The summed E-state index contributed by atoms with van der Waals surface area (Å²) in [6.45, 7) is 0.582. The predicted molar refractivity (Wildman–Crippen MR) is 135 cm³/mol. The molecule has 3 aromatic heterocycles. The maximum atomic E-state index is 11.6. The summed E-state index contributed by atoms with van der Waals surface area (Å²) in [7, 11) is -3.36. The van der Waals surface area contributed by atoms with E-state index in [9.17, 15) is 8.42 Å². The van der Waals surface area contributed by atoms with Crippen molar-refractivity contribution in [1.29, 1.82) is 0 Å². The number of benzene rings is 1. The van der Waals surface area contributed by atoms with Gasteiger partial charge in [0.2, 0.25) is 10.0 Å². The van der Waals surface area contributed by atoms with Gasteiger partial charge in [0.15, 0.2) is 5.11 Å². The van der Waals surface area contributed by atoms with Gasteiger partial charge in [0.1, 0.15) is 11.8 Å². The number of hydrogen-bond acceptors (Lipinski definition) is 5. The largest absolute Gasteiger partial charge is 0.467 e. The van der Waals surface area contributed by atoms with Gasteiger partial charge in [-0.1, -0.05) is 6.07 Å². The molecule has 0 saturated carbocycles. The first-order chi connectivity index (χ1) is 16.4. The maximum Gasteiger partial charge on any atom is 0.229 e. The van der Waals surface area contributed by atoms with E-state index in [1.165, 1.54) is 0 Å². The van der Waals surface area contributed by atoms with Crippen molar-refractivity contribution in [3.8, 4) is 0 Å². The van der Waals surface area contributed by atoms with Crippen LogP contribution in [0.3, 0.4) is 0 Å². The smallest absolute Gasteiger partial charge is 0.229 e. The average molecular weight is 494 g/mol. The Hall–Kier alpha value is -3.63. The lowest BCUT2D eigenvalue weighted by atomic mass is 10.0. The fourth-order valence-corrected chi connectivity index (χ4v) is 5.16. The molecular weight excluding hydrogens is 470 g/mol. The van der Waals surface area contributed by atoms with Crippen molar-refractivity contribution in [2.45, 2.75) is 18.6 Å². The van der Waals surface area contributed by atoms with Crippen LogP contribution in [-0.2, 0) is 16.6 Å². The molecule has 5 rings (SSSR count). The molecule has 2 unspecified atom stereocenters. The van der Waals surface area contributed by atoms with Crippen molar-refractivity contribution in [2.75, 3.05) is 15.9 Å². The van der Waals surface area contributed by atoms with E-state index in [2.05, 4.69) is 25.7 Å². The van der Waals surface area contributed by atoms with E-state index in [0.29, 0.717) is 17.3 Å². The van der Waals surface area contributed by atoms with Crippen LogP contribution in [0.1, 0.15) is 29.2 Å². The highest BCUT2D eigenvalue weighted by atomic mass is 32.2. The minimum Gasteiger partial charge on any atom is -0.467 e. The minimum absolute atomic E-state index is 0.187. The summed E-state index contributed by atoms with van der Waals surface area (Å²) in [5.74, 6) is 0.850. The van der Waals surface area contributed by atoms with E-state index >= 15 is 0 Å². The highest BCUT2D eigenvalue weighted by Gasteiger charge is 2.42. The molecule has 0 radical (unpaired) electrons. The van der Waals surface area contributed by atoms with Crippen LogP contribution in [0.2, 0.25) is 0 Å². The van der Waals surface area contributed by atoms with Crippen LogP contribution in [0, 0.1) is 0 Å². The second-order valence-corrected chi connectivity index (χ2v) is 10.2. The Balaban J connectivity index is 1.56. The highest BCUT2D eigenvalue weighted by molar-refractivity contribution is 7.92. The van der Waals surface area contributed by atoms with Crippen LogP contribution in [0.15, 0.2) is 89.8 Å². The number of nitrogens with one attached hydrogen (secondary N) is 2. The Morgan fingerprint density at radius 2 is 1.91 bits per heavy atom. The number of hydrogen-bond donors (Lipinski definition) is 2. The van der Waals surface area contributed by atoms with E-state index in [4.69, 9.17) is 16.6 Å². The normalized spacial score (nSPS) is 18.1. The van der Waals surface area contributed by atoms with Crippen LogP contribution in [0.25, 0.3) is 0 Å². The average Bonchev–Trinajstić information content (AvgIpc) is 3.55. The van der Waals surface area contributed by atoms with E-state index in [1.807, 2.05) is 59.6 Å². The van der Waals surface area contributed by atoms with Gasteiger partial charge in [-0.25, -0.2) is 8.42 Å². The molecule has 0 amide bonds. The van der Waals surface area contributed by atoms with Crippen LogP contribution in [0.5, 0.6) is 0 Å². The topological polar surface area (TPSA) is 92.4 Å². The van der Waals surface area contributed by atoms with Gasteiger partial charge in [-0.15, -0.1) is 0 Å². The molecule has 4 aromatic rings. The van der Waals surface area contributed by atoms with E-state index in [0.717, 1.165) is 29.1 Å². The number of aromatic nitrogens is 2. The Bertz CT molecular complexity index is 1380. The molecule has 1 aromatic carbocycles. The zero-order chi connectivity index (χ0) is 23.7. The second-order valence-electron chi connectivity index (χ2n) is 8.06. The van der Waals surface area contributed by atoms with Gasteiger partial charge in [-0.3, -0.25) is 9.71 Å². The molecule has 1 saturated heterocycles. The molecule has 1 aliphatic rings. The first kappa shape index (κ1) is 22.2. The number of sulfonamides is 1.